The average Bonchev–Trinajstić information content (AvgIpc) is 3.57. The van der Waals surface area contributed by atoms with Gasteiger partial charge in [-0.1, -0.05) is 11.6 Å². The van der Waals surface area contributed by atoms with Gasteiger partial charge in [-0.2, -0.15) is 0 Å². The summed E-state index contributed by atoms with van der Waals surface area (Å²) < 4.78 is 71.1. The van der Waals surface area contributed by atoms with Gasteiger partial charge in [0.2, 0.25) is 5.78 Å². The first-order chi connectivity index (χ1) is 17.2. The quantitative estimate of drug-likeness (QED) is 0.277. The van der Waals surface area contributed by atoms with Crippen LogP contribution in [0.3, 0.4) is 0 Å². The van der Waals surface area contributed by atoms with Crippen molar-refractivity contribution in [2.75, 3.05) is 16.6 Å². The van der Waals surface area contributed by atoms with Crippen LogP contribution in [0.25, 0.3) is 11.0 Å². The molecular formula is C23H17ClF3N5O3S. The monoisotopic (exact) mass is 535 g/mol. The summed E-state index contributed by atoms with van der Waals surface area (Å²) in [5, 5.41) is 3.09. The minimum Gasteiger partial charge on any atom is -0.369 e. The van der Waals surface area contributed by atoms with Crippen molar-refractivity contribution in [1.29, 1.82) is 0 Å². The Hall–Kier alpha value is -3.64. The molecule has 36 heavy (non-hydrogen) atoms. The summed E-state index contributed by atoms with van der Waals surface area (Å²) in [5.41, 5.74) is -1.48. The molecule has 0 spiro atoms. The number of rotatable bonds is 8. The van der Waals surface area contributed by atoms with E-state index >= 15 is 4.39 Å². The molecule has 0 amide bonds. The van der Waals surface area contributed by atoms with Crippen molar-refractivity contribution in [2.24, 2.45) is 5.92 Å². The van der Waals surface area contributed by atoms with E-state index in [9.17, 15) is 22.0 Å². The molecular weight excluding hydrogens is 519 g/mol. The summed E-state index contributed by atoms with van der Waals surface area (Å²) in [6.45, 7) is 0.621. The molecule has 1 saturated carbocycles. The first kappa shape index (κ1) is 24.1. The van der Waals surface area contributed by atoms with Gasteiger partial charge >= 0.3 is 0 Å². The van der Waals surface area contributed by atoms with Crippen molar-refractivity contribution >= 4 is 49.9 Å². The number of nitrogens with zero attached hydrogens (tertiary/aromatic N) is 2. The Morgan fingerprint density at radius 2 is 1.89 bits per heavy atom. The Morgan fingerprint density at radius 1 is 1.11 bits per heavy atom. The van der Waals surface area contributed by atoms with Gasteiger partial charge in [-0.25, -0.2) is 31.6 Å². The van der Waals surface area contributed by atoms with Crippen LogP contribution in [-0.2, 0) is 10.0 Å². The summed E-state index contributed by atoms with van der Waals surface area (Å²) >= 11 is 5.58. The van der Waals surface area contributed by atoms with Crippen molar-refractivity contribution in [3.63, 3.8) is 0 Å². The number of fused-ring (bicyclic) bond motifs is 1. The van der Waals surface area contributed by atoms with Gasteiger partial charge in [0, 0.05) is 12.7 Å². The second-order valence-electron chi connectivity index (χ2n) is 8.27. The maximum absolute atomic E-state index is 15.4. The van der Waals surface area contributed by atoms with E-state index in [1.807, 2.05) is 4.72 Å². The number of halogens is 4. The van der Waals surface area contributed by atoms with E-state index < -0.39 is 49.4 Å². The number of benzene rings is 2. The molecule has 3 N–H and O–H groups in total. The molecule has 2 heterocycles. The fourth-order valence-corrected chi connectivity index (χ4v) is 4.85. The molecule has 5 rings (SSSR count). The number of sulfonamides is 1. The molecule has 13 heteroatoms. The van der Waals surface area contributed by atoms with Gasteiger partial charge in [0.1, 0.15) is 29.4 Å². The SMILES string of the molecule is O=C(c1c(F)ccc(NS(=O)(=O)c2ccc(Cl)c(F)c2)c1F)c1c[nH]c2ncnc(NCC3CC3)c12. The smallest absolute Gasteiger partial charge is 0.262 e. The fourth-order valence-electron chi connectivity index (χ4n) is 3.66. The van der Waals surface area contributed by atoms with Gasteiger partial charge in [0.15, 0.2) is 5.82 Å². The van der Waals surface area contributed by atoms with Gasteiger partial charge < -0.3 is 10.3 Å². The minimum atomic E-state index is -4.49. The second kappa shape index (κ2) is 9.10. The fraction of sp³-hybridized carbons (Fsp3) is 0.174. The number of carbonyl (C=O) groups is 1. The Kier molecular flexibility index (Phi) is 6.08. The van der Waals surface area contributed by atoms with Gasteiger partial charge in [-0.05, 0) is 49.1 Å². The molecule has 2 aromatic heterocycles. The number of hydrogen-bond donors (Lipinski definition) is 3. The van der Waals surface area contributed by atoms with Gasteiger partial charge in [0.05, 0.1) is 32.1 Å². The lowest BCUT2D eigenvalue weighted by molar-refractivity contribution is 0.103. The summed E-state index contributed by atoms with van der Waals surface area (Å²) in [6, 6.07) is 4.28. The van der Waals surface area contributed by atoms with E-state index in [2.05, 4.69) is 20.3 Å². The van der Waals surface area contributed by atoms with E-state index in [1.54, 1.807) is 0 Å². The Morgan fingerprint density at radius 3 is 2.61 bits per heavy atom. The van der Waals surface area contributed by atoms with Crippen molar-refractivity contribution in [2.45, 2.75) is 17.7 Å². The summed E-state index contributed by atoms with van der Waals surface area (Å²) in [4.78, 5) is 23.8. The number of nitrogens with one attached hydrogen (secondary N) is 3. The minimum absolute atomic E-state index is 0.0959. The summed E-state index contributed by atoms with van der Waals surface area (Å²) in [7, 11) is -4.49. The average molecular weight is 536 g/mol. The maximum atomic E-state index is 15.4. The first-order valence-corrected chi connectivity index (χ1v) is 12.6. The molecule has 0 radical (unpaired) electrons. The van der Waals surface area contributed by atoms with Gasteiger partial charge in [-0.15, -0.1) is 0 Å². The van der Waals surface area contributed by atoms with E-state index in [1.165, 1.54) is 12.5 Å². The normalized spacial score (nSPS) is 13.7. The van der Waals surface area contributed by atoms with Crippen molar-refractivity contribution in [1.82, 2.24) is 15.0 Å². The third-order valence-corrected chi connectivity index (χ3v) is 7.40. The number of aromatic nitrogens is 3. The molecule has 0 bridgehead atoms. The van der Waals surface area contributed by atoms with Gasteiger partial charge in [0.25, 0.3) is 10.0 Å². The highest BCUT2D eigenvalue weighted by Gasteiger charge is 2.28. The Labute approximate surface area is 208 Å². The largest absolute Gasteiger partial charge is 0.369 e. The molecule has 4 aromatic rings. The number of ketones is 1. The van der Waals surface area contributed by atoms with Crippen molar-refractivity contribution in [3.8, 4) is 0 Å². The molecule has 0 atom stereocenters. The number of hydrogen-bond acceptors (Lipinski definition) is 6. The molecule has 186 valence electrons. The highest BCUT2D eigenvalue weighted by Crippen LogP contribution is 2.32. The Bertz CT molecular complexity index is 1620. The third-order valence-electron chi connectivity index (χ3n) is 5.73. The predicted molar refractivity (Wildman–Crippen MR) is 127 cm³/mol. The lowest BCUT2D eigenvalue weighted by atomic mass is 10.0. The zero-order chi connectivity index (χ0) is 25.6. The zero-order valence-electron chi connectivity index (χ0n) is 18.3. The second-order valence-corrected chi connectivity index (χ2v) is 10.4. The Balaban J connectivity index is 1.52. The molecule has 2 aromatic carbocycles. The number of H-pyrrole nitrogens is 1. The van der Waals surface area contributed by atoms with Crippen LogP contribution in [0, 0.1) is 23.4 Å². The zero-order valence-corrected chi connectivity index (χ0v) is 19.9. The lowest BCUT2D eigenvalue weighted by Crippen LogP contribution is -2.17. The van der Waals surface area contributed by atoms with Crippen molar-refractivity contribution < 1.29 is 26.4 Å². The van der Waals surface area contributed by atoms with Crippen LogP contribution in [0.4, 0.5) is 24.7 Å². The number of aromatic amines is 1. The summed E-state index contributed by atoms with van der Waals surface area (Å²) in [6.07, 6.45) is 4.69. The molecule has 8 nitrogen and oxygen atoms in total. The summed E-state index contributed by atoms with van der Waals surface area (Å²) in [5.74, 6) is -3.85. The van der Waals surface area contributed by atoms with Crippen LogP contribution in [0.2, 0.25) is 5.02 Å². The number of carbonyl (C=O) groups excluding carboxylic acids is 1. The van der Waals surface area contributed by atoms with Crippen LogP contribution in [-0.4, -0.2) is 35.7 Å². The topological polar surface area (TPSA) is 117 Å². The van der Waals surface area contributed by atoms with Crippen LogP contribution < -0.4 is 10.0 Å². The van der Waals surface area contributed by atoms with Crippen LogP contribution in [0.15, 0.2) is 47.8 Å². The first-order valence-electron chi connectivity index (χ1n) is 10.7. The molecule has 1 aliphatic carbocycles. The van der Waals surface area contributed by atoms with Crippen LogP contribution in [0.5, 0.6) is 0 Å². The van der Waals surface area contributed by atoms with Gasteiger partial charge in [-0.3, -0.25) is 9.52 Å². The van der Waals surface area contributed by atoms with E-state index in [4.69, 9.17) is 11.6 Å². The predicted octanol–water partition coefficient (Wildman–Crippen LogP) is 4.88. The highest BCUT2D eigenvalue weighted by molar-refractivity contribution is 7.92. The lowest BCUT2D eigenvalue weighted by Gasteiger charge is -2.12. The van der Waals surface area contributed by atoms with E-state index in [-0.39, 0.29) is 21.6 Å². The van der Waals surface area contributed by atoms with Crippen molar-refractivity contribution in [3.05, 3.63) is 76.5 Å². The van der Waals surface area contributed by atoms with E-state index in [0.29, 0.717) is 24.3 Å². The molecule has 0 saturated heterocycles. The molecule has 0 unspecified atom stereocenters. The molecule has 0 aliphatic heterocycles. The third kappa shape index (κ3) is 4.49. The highest BCUT2D eigenvalue weighted by atomic mass is 35.5. The van der Waals surface area contributed by atoms with Crippen LogP contribution in [0.1, 0.15) is 28.8 Å². The van der Waals surface area contributed by atoms with E-state index in [0.717, 1.165) is 37.1 Å². The maximum Gasteiger partial charge on any atom is 0.262 e. The van der Waals surface area contributed by atoms with Crippen LogP contribution >= 0.6 is 11.6 Å². The number of anilines is 2. The standard InChI is InChI=1S/C23H17ClF3N5O3S/c24-14-4-3-12(7-16(14)26)36(34,35)32-17-6-5-15(25)19(20(17)27)21(33)13-9-29-23-18(13)22(30-10-31-23)28-8-11-1-2-11/h3-7,9-11,32H,1-2,8H2,(H2,28,29,30,31). The molecule has 1 aliphatic rings. The molecule has 1 fully saturated rings.